The van der Waals surface area contributed by atoms with Crippen molar-refractivity contribution in [3.63, 3.8) is 0 Å². The molecule has 1 aromatic carbocycles. The molecular formula is C14H15NO4. The molecule has 0 spiro atoms. The maximum Gasteiger partial charge on any atom is 0.231 e. The average molecular weight is 261 g/mol. The van der Waals surface area contributed by atoms with Gasteiger partial charge >= 0.3 is 0 Å². The van der Waals surface area contributed by atoms with E-state index in [0.717, 1.165) is 28.6 Å². The first-order valence-corrected chi connectivity index (χ1v) is 6.09. The molecule has 19 heavy (non-hydrogen) atoms. The molecule has 0 unspecified atom stereocenters. The zero-order valence-corrected chi connectivity index (χ0v) is 10.6. The fourth-order valence-electron chi connectivity index (χ4n) is 1.94. The third kappa shape index (κ3) is 2.51. The zero-order chi connectivity index (χ0) is 13.1. The molecule has 0 radical (unpaired) electrons. The van der Waals surface area contributed by atoms with E-state index < -0.39 is 0 Å². The Bertz CT molecular complexity index is 564. The molecule has 2 heterocycles. The molecule has 5 heteroatoms. The lowest BCUT2D eigenvalue weighted by Gasteiger charge is -2.07. The van der Waals surface area contributed by atoms with Gasteiger partial charge in [0.15, 0.2) is 11.5 Å². The van der Waals surface area contributed by atoms with Crippen LogP contribution in [0, 0.1) is 0 Å². The monoisotopic (exact) mass is 261 g/mol. The van der Waals surface area contributed by atoms with E-state index in [2.05, 4.69) is 5.32 Å². The highest BCUT2D eigenvalue weighted by Gasteiger charge is 2.14. The predicted molar refractivity (Wildman–Crippen MR) is 68.4 cm³/mol. The van der Waals surface area contributed by atoms with Crippen LogP contribution in [-0.2, 0) is 13.2 Å². The second-order valence-electron chi connectivity index (χ2n) is 4.20. The summed E-state index contributed by atoms with van der Waals surface area (Å²) in [6, 6.07) is 7.46. The van der Waals surface area contributed by atoms with Gasteiger partial charge in [-0.15, -0.1) is 0 Å². The topological polar surface area (TPSA) is 52.9 Å². The summed E-state index contributed by atoms with van der Waals surface area (Å²) in [5.74, 6) is 3.12. The Morgan fingerprint density at radius 2 is 2.11 bits per heavy atom. The van der Waals surface area contributed by atoms with Crippen molar-refractivity contribution in [2.75, 3.05) is 13.8 Å². The van der Waals surface area contributed by atoms with Crippen LogP contribution in [0.4, 0.5) is 0 Å². The lowest BCUT2D eigenvalue weighted by molar-refractivity contribution is 0.173. The summed E-state index contributed by atoms with van der Waals surface area (Å²) >= 11 is 0. The SMILES string of the molecule is CNCc1occc1COc1ccc2c(c1)OCO2. The summed E-state index contributed by atoms with van der Waals surface area (Å²) in [4.78, 5) is 0. The Labute approximate surface area is 111 Å². The fraction of sp³-hybridized carbons (Fsp3) is 0.286. The molecule has 1 N–H and O–H groups in total. The first kappa shape index (κ1) is 11.9. The minimum Gasteiger partial charge on any atom is -0.489 e. The highest BCUT2D eigenvalue weighted by atomic mass is 16.7. The maximum atomic E-state index is 5.74. The van der Waals surface area contributed by atoms with Crippen molar-refractivity contribution < 1.29 is 18.6 Å². The largest absolute Gasteiger partial charge is 0.489 e. The fourth-order valence-corrected chi connectivity index (χ4v) is 1.94. The van der Waals surface area contributed by atoms with Gasteiger partial charge in [-0.1, -0.05) is 0 Å². The van der Waals surface area contributed by atoms with Gasteiger partial charge in [0, 0.05) is 11.6 Å². The van der Waals surface area contributed by atoms with Gasteiger partial charge in [0.25, 0.3) is 0 Å². The predicted octanol–water partition coefficient (Wildman–Crippen LogP) is 2.31. The number of nitrogens with one attached hydrogen (secondary N) is 1. The van der Waals surface area contributed by atoms with E-state index in [1.807, 2.05) is 31.3 Å². The van der Waals surface area contributed by atoms with Gasteiger partial charge in [-0.2, -0.15) is 0 Å². The van der Waals surface area contributed by atoms with Crippen LogP contribution in [0.1, 0.15) is 11.3 Å². The van der Waals surface area contributed by atoms with E-state index in [1.165, 1.54) is 0 Å². The highest BCUT2D eigenvalue weighted by molar-refractivity contribution is 5.46. The molecule has 1 aliphatic rings. The molecular weight excluding hydrogens is 246 g/mol. The van der Waals surface area contributed by atoms with Crippen molar-refractivity contribution in [2.24, 2.45) is 0 Å². The van der Waals surface area contributed by atoms with E-state index in [4.69, 9.17) is 18.6 Å². The van der Waals surface area contributed by atoms with Crippen LogP contribution in [0.15, 0.2) is 34.9 Å². The third-order valence-corrected chi connectivity index (χ3v) is 2.91. The summed E-state index contributed by atoms with van der Waals surface area (Å²) in [5.41, 5.74) is 1.03. The second kappa shape index (κ2) is 5.24. The summed E-state index contributed by atoms with van der Waals surface area (Å²) < 4.78 is 21.7. The molecule has 0 amide bonds. The van der Waals surface area contributed by atoms with Crippen LogP contribution in [0.25, 0.3) is 0 Å². The molecule has 0 atom stereocenters. The van der Waals surface area contributed by atoms with Crippen LogP contribution in [0.5, 0.6) is 17.2 Å². The quantitative estimate of drug-likeness (QED) is 0.895. The van der Waals surface area contributed by atoms with Crippen LogP contribution >= 0.6 is 0 Å². The highest BCUT2D eigenvalue weighted by Crippen LogP contribution is 2.35. The third-order valence-electron chi connectivity index (χ3n) is 2.91. The first-order valence-electron chi connectivity index (χ1n) is 6.09. The van der Waals surface area contributed by atoms with E-state index in [0.29, 0.717) is 13.2 Å². The van der Waals surface area contributed by atoms with Gasteiger partial charge in [-0.05, 0) is 25.2 Å². The van der Waals surface area contributed by atoms with Gasteiger partial charge in [0.05, 0.1) is 12.8 Å². The Morgan fingerprint density at radius 3 is 3.00 bits per heavy atom. The van der Waals surface area contributed by atoms with Crippen molar-refractivity contribution >= 4 is 0 Å². The zero-order valence-electron chi connectivity index (χ0n) is 10.6. The normalized spacial score (nSPS) is 12.7. The molecule has 0 aliphatic carbocycles. The Hall–Kier alpha value is -2.14. The van der Waals surface area contributed by atoms with Crippen LogP contribution in [0.3, 0.4) is 0 Å². The van der Waals surface area contributed by atoms with E-state index in [-0.39, 0.29) is 6.79 Å². The summed E-state index contributed by atoms with van der Waals surface area (Å²) in [6.45, 7) is 1.42. The molecule has 5 nitrogen and oxygen atoms in total. The van der Waals surface area contributed by atoms with Gasteiger partial charge in [-0.25, -0.2) is 0 Å². The second-order valence-corrected chi connectivity index (χ2v) is 4.20. The Balaban J connectivity index is 1.67. The van der Waals surface area contributed by atoms with E-state index in [9.17, 15) is 0 Å². The standard InChI is InChI=1S/C14H15NO4/c1-15-7-14-10(4-5-16-14)8-17-11-2-3-12-13(6-11)19-9-18-12/h2-6,15H,7-9H2,1H3. The smallest absolute Gasteiger partial charge is 0.231 e. The number of furan rings is 1. The molecule has 0 saturated heterocycles. The molecule has 3 rings (SSSR count). The van der Waals surface area contributed by atoms with E-state index >= 15 is 0 Å². The number of ether oxygens (including phenoxy) is 3. The summed E-state index contributed by atoms with van der Waals surface area (Å²) in [5, 5.41) is 3.06. The number of hydrogen-bond acceptors (Lipinski definition) is 5. The first-order chi connectivity index (χ1) is 9.36. The minimum atomic E-state index is 0.271. The van der Waals surface area contributed by atoms with Gasteiger partial charge in [-0.3, -0.25) is 0 Å². The molecule has 2 aromatic rings. The Kier molecular flexibility index (Phi) is 3.29. The van der Waals surface area contributed by atoms with Crippen molar-refractivity contribution in [3.8, 4) is 17.2 Å². The molecule has 1 aliphatic heterocycles. The van der Waals surface area contributed by atoms with Gasteiger partial charge in [0.2, 0.25) is 6.79 Å². The molecule has 100 valence electrons. The number of fused-ring (bicyclic) bond motifs is 1. The molecule has 1 aromatic heterocycles. The minimum absolute atomic E-state index is 0.271. The molecule has 0 fully saturated rings. The lowest BCUT2D eigenvalue weighted by atomic mass is 10.2. The number of benzene rings is 1. The van der Waals surface area contributed by atoms with Crippen molar-refractivity contribution in [2.45, 2.75) is 13.2 Å². The van der Waals surface area contributed by atoms with Crippen molar-refractivity contribution in [1.29, 1.82) is 0 Å². The van der Waals surface area contributed by atoms with Crippen molar-refractivity contribution in [1.82, 2.24) is 5.32 Å². The molecule has 0 saturated carbocycles. The van der Waals surface area contributed by atoms with Gasteiger partial charge in [0.1, 0.15) is 18.1 Å². The van der Waals surface area contributed by atoms with Gasteiger partial charge < -0.3 is 23.9 Å². The Morgan fingerprint density at radius 1 is 1.21 bits per heavy atom. The lowest BCUT2D eigenvalue weighted by Crippen LogP contribution is -2.07. The molecule has 0 bridgehead atoms. The van der Waals surface area contributed by atoms with Crippen molar-refractivity contribution in [3.05, 3.63) is 41.9 Å². The number of hydrogen-bond donors (Lipinski definition) is 1. The summed E-state index contributed by atoms with van der Waals surface area (Å²) in [6.07, 6.45) is 1.67. The maximum absolute atomic E-state index is 5.74. The van der Waals surface area contributed by atoms with Crippen LogP contribution in [0.2, 0.25) is 0 Å². The van der Waals surface area contributed by atoms with Crippen LogP contribution in [-0.4, -0.2) is 13.8 Å². The van der Waals surface area contributed by atoms with Crippen LogP contribution < -0.4 is 19.5 Å². The summed E-state index contributed by atoms with van der Waals surface area (Å²) in [7, 11) is 1.88. The average Bonchev–Trinajstić information content (AvgIpc) is 3.05. The number of rotatable bonds is 5. The van der Waals surface area contributed by atoms with E-state index in [1.54, 1.807) is 6.26 Å².